The molecule has 0 amide bonds. The molecule has 2 aromatic heterocycles. The maximum atomic E-state index is 13.2. The summed E-state index contributed by atoms with van der Waals surface area (Å²) in [7, 11) is 0. The van der Waals surface area contributed by atoms with Crippen molar-refractivity contribution in [3.63, 3.8) is 0 Å². The minimum Gasteiger partial charge on any atom is -0.355 e. The molecule has 7 nitrogen and oxygen atoms in total. The predicted octanol–water partition coefficient (Wildman–Crippen LogP) is 2.08. The molecule has 2 aliphatic heterocycles. The van der Waals surface area contributed by atoms with Crippen LogP contribution in [0.5, 0.6) is 0 Å². The van der Waals surface area contributed by atoms with E-state index < -0.39 is 0 Å². The van der Waals surface area contributed by atoms with Crippen molar-refractivity contribution in [1.29, 1.82) is 0 Å². The quantitative estimate of drug-likeness (QED) is 0.792. The molecular formula is C21H30N6OS. The minimum absolute atomic E-state index is 0.0380. The minimum atomic E-state index is -0.0380. The zero-order valence-corrected chi connectivity index (χ0v) is 17.8. The highest BCUT2D eigenvalue weighted by molar-refractivity contribution is 8.00. The molecule has 29 heavy (non-hydrogen) atoms. The van der Waals surface area contributed by atoms with Gasteiger partial charge in [0.2, 0.25) is 0 Å². The fourth-order valence-corrected chi connectivity index (χ4v) is 6.17. The van der Waals surface area contributed by atoms with Gasteiger partial charge in [-0.05, 0) is 26.2 Å². The molecule has 1 aliphatic carbocycles. The average molecular weight is 415 g/mol. The first-order valence-electron chi connectivity index (χ1n) is 10.9. The number of anilines is 1. The van der Waals surface area contributed by atoms with Gasteiger partial charge in [0.05, 0.1) is 5.69 Å². The molecule has 0 radical (unpaired) electrons. The number of nitrogens with two attached hydrogens (primary N) is 1. The van der Waals surface area contributed by atoms with E-state index >= 15 is 0 Å². The van der Waals surface area contributed by atoms with Crippen molar-refractivity contribution in [3.05, 3.63) is 23.5 Å². The van der Waals surface area contributed by atoms with E-state index in [-0.39, 0.29) is 23.3 Å². The normalized spacial score (nSPS) is 30.3. The topological polar surface area (TPSA) is 88.6 Å². The molecule has 2 aromatic rings. The predicted molar refractivity (Wildman–Crippen MR) is 116 cm³/mol. The van der Waals surface area contributed by atoms with E-state index in [1.807, 2.05) is 4.52 Å². The van der Waals surface area contributed by atoms with E-state index in [1.165, 1.54) is 0 Å². The van der Waals surface area contributed by atoms with Gasteiger partial charge in [-0.1, -0.05) is 12.8 Å². The van der Waals surface area contributed by atoms with Crippen LogP contribution in [-0.2, 0) is 4.79 Å². The van der Waals surface area contributed by atoms with Crippen LogP contribution in [-0.4, -0.2) is 57.2 Å². The molecule has 4 atom stereocenters. The molecule has 3 aliphatic rings. The molecule has 1 saturated carbocycles. The van der Waals surface area contributed by atoms with Gasteiger partial charge in [-0.3, -0.25) is 10.1 Å². The van der Waals surface area contributed by atoms with Gasteiger partial charge in [0.15, 0.2) is 11.4 Å². The number of fused-ring (bicyclic) bond motifs is 1. The van der Waals surface area contributed by atoms with Crippen LogP contribution in [0.15, 0.2) is 12.3 Å². The second-order valence-corrected chi connectivity index (χ2v) is 9.93. The van der Waals surface area contributed by atoms with Gasteiger partial charge in [-0.2, -0.15) is 5.10 Å². The van der Waals surface area contributed by atoms with Crippen molar-refractivity contribution < 1.29 is 4.79 Å². The van der Waals surface area contributed by atoms with Gasteiger partial charge in [0.25, 0.3) is 0 Å². The number of hydrogen-bond acceptors (Lipinski definition) is 7. The van der Waals surface area contributed by atoms with Crippen LogP contribution in [0.2, 0.25) is 0 Å². The van der Waals surface area contributed by atoms with Crippen LogP contribution in [0.4, 0.5) is 5.82 Å². The Kier molecular flexibility index (Phi) is 5.26. The van der Waals surface area contributed by atoms with Gasteiger partial charge in [0, 0.05) is 61.1 Å². The van der Waals surface area contributed by atoms with Crippen LogP contribution >= 0.6 is 11.8 Å². The monoisotopic (exact) mass is 414 g/mol. The standard InChI is InChI=1S/C21H30N6OS/c1-13-11-27-18(24-20(13)26-8-6-14(22)12-26)10-17(25-27)15-4-2-3-5-16(15)19(28)21-23-7-9-29-21/h10-11,14-16,21,23H,2-9,12,22H2,1H3/t14-,15+,16?,21?/m0/s1. The maximum Gasteiger partial charge on any atom is 0.163 e. The molecule has 0 aromatic carbocycles. The zero-order valence-electron chi connectivity index (χ0n) is 17.0. The number of nitrogens with zero attached hydrogens (tertiary/aromatic N) is 4. The summed E-state index contributed by atoms with van der Waals surface area (Å²) < 4.78 is 1.89. The van der Waals surface area contributed by atoms with Gasteiger partial charge < -0.3 is 10.6 Å². The lowest BCUT2D eigenvalue weighted by Crippen LogP contribution is -2.37. The van der Waals surface area contributed by atoms with E-state index in [0.29, 0.717) is 5.78 Å². The third-order valence-corrected chi connectivity index (χ3v) is 7.81. The van der Waals surface area contributed by atoms with E-state index in [0.717, 1.165) is 80.2 Å². The smallest absolute Gasteiger partial charge is 0.163 e. The Hall–Kier alpha value is -1.64. The van der Waals surface area contributed by atoms with Crippen LogP contribution in [0.1, 0.15) is 49.3 Å². The van der Waals surface area contributed by atoms with Crippen LogP contribution in [0.25, 0.3) is 5.65 Å². The number of hydrogen-bond donors (Lipinski definition) is 2. The van der Waals surface area contributed by atoms with Crippen molar-refractivity contribution in [3.8, 4) is 0 Å². The number of thioether (sulfide) groups is 1. The molecule has 8 heteroatoms. The number of rotatable bonds is 4. The Morgan fingerprint density at radius 1 is 1.31 bits per heavy atom. The van der Waals surface area contributed by atoms with Crippen LogP contribution < -0.4 is 16.0 Å². The summed E-state index contributed by atoms with van der Waals surface area (Å²) >= 11 is 1.75. The second-order valence-electron chi connectivity index (χ2n) is 8.72. The van der Waals surface area contributed by atoms with Gasteiger partial charge in [-0.25, -0.2) is 9.50 Å². The van der Waals surface area contributed by atoms with Crippen molar-refractivity contribution in [2.24, 2.45) is 11.7 Å². The SMILES string of the molecule is Cc1cn2nc([C@@H]3CCCCC3C(=O)C3NCCS3)cc2nc1N1CC[C@H](N)C1. The average Bonchev–Trinajstić information content (AvgIpc) is 3.47. The molecule has 2 unspecified atom stereocenters. The number of carbonyl (C=O) groups is 1. The summed E-state index contributed by atoms with van der Waals surface area (Å²) in [5.74, 6) is 2.66. The number of aromatic nitrogens is 3. The Bertz CT molecular complexity index is 908. The van der Waals surface area contributed by atoms with Gasteiger partial charge in [0.1, 0.15) is 11.2 Å². The lowest BCUT2D eigenvalue weighted by molar-refractivity contribution is -0.124. The van der Waals surface area contributed by atoms with Crippen molar-refractivity contribution in [2.45, 2.75) is 56.4 Å². The van der Waals surface area contributed by atoms with E-state index in [4.69, 9.17) is 15.8 Å². The lowest BCUT2D eigenvalue weighted by Gasteiger charge is -2.30. The Balaban J connectivity index is 1.44. The summed E-state index contributed by atoms with van der Waals surface area (Å²) in [6.07, 6.45) is 7.38. The molecule has 5 rings (SSSR count). The van der Waals surface area contributed by atoms with Gasteiger partial charge in [-0.15, -0.1) is 11.8 Å². The summed E-state index contributed by atoms with van der Waals surface area (Å²) in [6, 6.07) is 2.33. The molecule has 156 valence electrons. The number of aryl methyl sites for hydroxylation is 1. The fourth-order valence-electron chi connectivity index (χ4n) is 5.13. The van der Waals surface area contributed by atoms with Crippen molar-refractivity contribution in [2.75, 3.05) is 30.3 Å². The highest BCUT2D eigenvalue weighted by atomic mass is 32.2. The molecular weight excluding hydrogens is 384 g/mol. The van der Waals surface area contributed by atoms with Crippen LogP contribution in [0.3, 0.4) is 0 Å². The van der Waals surface area contributed by atoms with E-state index in [2.05, 4.69) is 29.4 Å². The number of carbonyl (C=O) groups excluding carboxylic acids is 1. The highest BCUT2D eigenvalue weighted by Gasteiger charge is 2.38. The number of ketones is 1. The maximum absolute atomic E-state index is 13.2. The Labute approximate surface area is 175 Å². The number of nitrogens with one attached hydrogen (secondary N) is 1. The first-order valence-corrected chi connectivity index (χ1v) is 11.9. The lowest BCUT2D eigenvalue weighted by atomic mass is 9.75. The Morgan fingerprint density at radius 3 is 2.93 bits per heavy atom. The third-order valence-electron chi connectivity index (χ3n) is 6.63. The molecule has 3 fully saturated rings. The van der Waals surface area contributed by atoms with Gasteiger partial charge >= 0.3 is 0 Å². The van der Waals surface area contributed by atoms with Crippen molar-refractivity contribution >= 4 is 29.0 Å². The summed E-state index contributed by atoms with van der Waals surface area (Å²) in [4.78, 5) is 20.4. The molecule has 0 spiro atoms. The molecule has 2 saturated heterocycles. The Morgan fingerprint density at radius 2 is 2.17 bits per heavy atom. The third kappa shape index (κ3) is 3.66. The summed E-state index contributed by atoms with van der Waals surface area (Å²) in [5.41, 5.74) is 9.10. The first-order chi connectivity index (χ1) is 14.1. The molecule has 3 N–H and O–H groups in total. The zero-order chi connectivity index (χ0) is 20.0. The second kappa shape index (κ2) is 7.89. The molecule has 0 bridgehead atoms. The largest absolute Gasteiger partial charge is 0.355 e. The number of Topliss-reactive ketones (excluding diaryl/α,β-unsaturated/α-hetero) is 1. The molecule has 4 heterocycles. The van der Waals surface area contributed by atoms with Crippen molar-refractivity contribution in [1.82, 2.24) is 19.9 Å². The van der Waals surface area contributed by atoms with E-state index in [1.54, 1.807) is 11.8 Å². The summed E-state index contributed by atoms with van der Waals surface area (Å²) in [5, 5.41) is 8.19. The first kappa shape index (κ1) is 19.3. The fraction of sp³-hybridized carbons (Fsp3) is 0.667. The van der Waals surface area contributed by atoms with E-state index in [9.17, 15) is 4.79 Å². The highest BCUT2D eigenvalue weighted by Crippen LogP contribution is 2.40. The summed E-state index contributed by atoms with van der Waals surface area (Å²) in [6.45, 7) is 4.83. The van der Waals surface area contributed by atoms with Crippen LogP contribution in [0, 0.1) is 12.8 Å².